The minimum absolute atomic E-state index is 0.0238. The standard InChI is InChI=1S/C9H11NO2.C9H13NO/c10-8(6-9(11)12)7-4-2-1-3-5-7;10-9(6-7-11)8-4-2-1-3-5-8/h1-5,8H,6,10H2,(H,11,12);1-5,9,11H,6-7,10H2. The van der Waals surface area contributed by atoms with Crippen molar-refractivity contribution >= 4 is 5.97 Å². The summed E-state index contributed by atoms with van der Waals surface area (Å²) in [6, 6.07) is 18.6. The molecule has 23 heavy (non-hydrogen) atoms. The summed E-state index contributed by atoms with van der Waals surface area (Å²) in [5.74, 6) is -0.869. The first-order valence-electron chi connectivity index (χ1n) is 7.48. The molecule has 2 atom stereocenters. The molecule has 5 nitrogen and oxygen atoms in total. The van der Waals surface area contributed by atoms with Crippen molar-refractivity contribution in [2.45, 2.75) is 24.9 Å². The highest BCUT2D eigenvalue weighted by atomic mass is 16.4. The lowest BCUT2D eigenvalue weighted by Gasteiger charge is -2.08. The highest BCUT2D eigenvalue weighted by Crippen LogP contribution is 2.12. The summed E-state index contributed by atoms with van der Waals surface area (Å²) >= 11 is 0. The molecule has 0 heterocycles. The Morgan fingerprint density at radius 2 is 1.30 bits per heavy atom. The molecule has 0 fully saturated rings. The lowest BCUT2D eigenvalue weighted by molar-refractivity contribution is -0.137. The van der Waals surface area contributed by atoms with Gasteiger partial charge in [0.25, 0.3) is 0 Å². The third-order valence-corrected chi connectivity index (χ3v) is 3.29. The Hall–Kier alpha value is -2.21. The van der Waals surface area contributed by atoms with Crippen molar-refractivity contribution in [2.24, 2.45) is 11.5 Å². The predicted molar refractivity (Wildman–Crippen MR) is 90.7 cm³/mol. The van der Waals surface area contributed by atoms with Crippen LogP contribution in [0.15, 0.2) is 60.7 Å². The second-order valence-electron chi connectivity index (χ2n) is 5.14. The number of benzene rings is 2. The van der Waals surface area contributed by atoms with E-state index in [0.29, 0.717) is 6.42 Å². The fourth-order valence-corrected chi connectivity index (χ4v) is 2.01. The fourth-order valence-electron chi connectivity index (χ4n) is 2.01. The van der Waals surface area contributed by atoms with E-state index in [0.717, 1.165) is 11.1 Å². The summed E-state index contributed by atoms with van der Waals surface area (Å²) < 4.78 is 0. The molecule has 0 saturated heterocycles. The van der Waals surface area contributed by atoms with Crippen LogP contribution in [0, 0.1) is 0 Å². The maximum atomic E-state index is 10.3. The van der Waals surface area contributed by atoms with Gasteiger partial charge in [-0.25, -0.2) is 0 Å². The van der Waals surface area contributed by atoms with Crippen LogP contribution in [0.3, 0.4) is 0 Å². The Morgan fingerprint density at radius 3 is 1.70 bits per heavy atom. The van der Waals surface area contributed by atoms with Crippen molar-refractivity contribution in [1.29, 1.82) is 0 Å². The van der Waals surface area contributed by atoms with E-state index in [2.05, 4.69) is 0 Å². The van der Waals surface area contributed by atoms with Crippen LogP contribution in [0.1, 0.15) is 36.1 Å². The summed E-state index contributed by atoms with van der Waals surface area (Å²) in [4.78, 5) is 10.3. The van der Waals surface area contributed by atoms with E-state index in [9.17, 15) is 4.79 Å². The number of carbonyl (C=O) groups is 1. The van der Waals surface area contributed by atoms with Crippen molar-refractivity contribution in [1.82, 2.24) is 0 Å². The van der Waals surface area contributed by atoms with Gasteiger partial charge in [0, 0.05) is 18.7 Å². The molecule has 0 radical (unpaired) electrons. The van der Waals surface area contributed by atoms with Crippen LogP contribution in [-0.4, -0.2) is 22.8 Å². The average molecular weight is 316 g/mol. The minimum atomic E-state index is -0.869. The summed E-state index contributed by atoms with van der Waals surface area (Å²) in [5, 5.41) is 17.1. The zero-order chi connectivity index (χ0) is 17.1. The Labute approximate surface area is 136 Å². The number of carboxylic acids is 1. The maximum absolute atomic E-state index is 10.3. The Kier molecular flexibility index (Phi) is 8.60. The van der Waals surface area contributed by atoms with Gasteiger partial charge in [0.05, 0.1) is 6.42 Å². The molecule has 2 unspecified atom stereocenters. The first-order chi connectivity index (χ1) is 11.0. The van der Waals surface area contributed by atoms with Gasteiger partial charge in [-0.1, -0.05) is 60.7 Å². The Bertz CT molecular complexity index is 561. The normalized spacial score (nSPS) is 12.7. The van der Waals surface area contributed by atoms with Gasteiger partial charge in [0.2, 0.25) is 0 Å². The van der Waals surface area contributed by atoms with Crippen LogP contribution in [0.25, 0.3) is 0 Å². The quantitative estimate of drug-likeness (QED) is 0.653. The van der Waals surface area contributed by atoms with E-state index < -0.39 is 12.0 Å². The van der Waals surface area contributed by atoms with E-state index in [4.69, 9.17) is 21.7 Å². The zero-order valence-electron chi connectivity index (χ0n) is 13.0. The fraction of sp³-hybridized carbons (Fsp3) is 0.278. The Morgan fingerprint density at radius 1 is 0.870 bits per heavy atom. The first-order valence-corrected chi connectivity index (χ1v) is 7.48. The van der Waals surface area contributed by atoms with Crippen LogP contribution in [-0.2, 0) is 4.79 Å². The van der Waals surface area contributed by atoms with E-state index >= 15 is 0 Å². The molecule has 2 aromatic carbocycles. The topological polar surface area (TPSA) is 110 Å². The second-order valence-corrected chi connectivity index (χ2v) is 5.14. The molecular weight excluding hydrogens is 292 g/mol. The second kappa shape index (κ2) is 10.5. The largest absolute Gasteiger partial charge is 0.481 e. The lowest BCUT2D eigenvalue weighted by atomic mass is 10.1. The maximum Gasteiger partial charge on any atom is 0.305 e. The molecule has 0 saturated carbocycles. The van der Waals surface area contributed by atoms with E-state index in [1.165, 1.54) is 0 Å². The highest BCUT2D eigenvalue weighted by Gasteiger charge is 2.08. The molecule has 124 valence electrons. The number of aliphatic hydroxyl groups excluding tert-OH is 1. The summed E-state index contributed by atoms with van der Waals surface area (Å²) in [6.07, 6.45) is 0.605. The van der Waals surface area contributed by atoms with Crippen LogP contribution in [0.4, 0.5) is 0 Å². The monoisotopic (exact) mass is 316 g/mol. The third kappa shape index (κ3) is 7.56. The lowest BCUT2D eigenvalue weighted by Crippen LogP contribution is -2.14. The van der Waals surface area contributed by atoms with E-state index in [1.54, 1.807) is 0 Å². The number of carboxylic acid groups (broad SMARTS) is 1. The molecular formula is C18H24N2O3. The van der Waals surface area contributed by atoms with Gasteiger partial charge >= 0.3 is 5.97 Å². The number of nitrogens with two attached hydrogens (primary N) is 2. The van der Waals surface area contributed by atoms with Gasteiger partial charge in [-0.2, -0.15) is 0 Å². The molecule has 0 aromatic heterocycles. The van der Waals surface area contributed by atoms with Gasteiger partial charge in [0.1, 0.15) is 0 Å². The van der Waals surface area contributed by atoms with E-state index in [-0.39, 0.29) is 19.1 Å². The van der Waals surface area contributed by atoms with E-state index in [1.807, 2.05) is 60.7 Å². The van der Waals surface area contributed by atoms with Crippen LogP contribution >= 0.6 is 0 Å². The number of hydrogen-bond donors (Lipinski definition) is 4. The van der Waals surface area contributed by atoms with Crippen molar-refractivity contribution in [3.05, 3.63) is 71.8 Å². The molecule has 6 N–H and O–H groups in total. The number of hydrogen-bond acceptors (Lipinski definition) is 4. The summed E-state index contributed by atoms with van der Waals surface area (Å²) in [5.41, 5.74) is 13.3. The van der Waals surface area contributed by atoms with Crippen LogP contribution in [0.5, 0.6) is 0 Å². The Balaban J connectivity index is 0.000000231. The smallest absolute Gasteiger partial charge is 0.305 e. The van der Waals surface area contributed by atoms with Crippen molar-refractivity contribution in [3.8, 4) is 0 Å². The number of rotatable bonds is 6. The van der Waals surface area contributed by atoms with Crippen LogP contribution in [0.2, 0.25) is 0 Å². The summed E-state index contributed by atoms with van der Waals surface area (Å²) in [7, 11) is 0. The number of aliphatic carboxylic acids is 1. The van der Waals surface area contributed by atoms with Gasteiger partial charge < -0.3 is 21.7 Å². The van der Waals surface area contributed by atoms with Crippen LogP contribution < -0.4 is 11.5 Å². The van der Waals surface area contributed by atoms with Crippen molar-refractivity contribution in [2.75, 3.05) is 6.61 Å². The highest BCUT2D eigenvalue weighted by molar-refractivity contribution is 5.67. The molecule has 0 spiro atoms. The zero-order valence-corrected chi connectivity index (χ0v) is 13.0. The molecule has 0 aliphatic carbocycles. The molecule has 0 aliphatic rings. The van der Waals surface area contributed by atoms with Gasteiger partial charge in [-0.3, -0.25) is 4.79 Å². The molecule has 0 bridgehead atoms. The molecule has 5 heteroatoms. The minimum Gasteiger partial charge on any atom is -0.481 e. The van der Waals surface area contributed by atoms with Gasteiger partial charge in [-0.05, 0) is 17.5 Å². The van der Waals surface area contributed by atoms with Gasteiger partial charge in [0.15, 0.2) is 0 Å². The first kappa shape index (κ1) is 18.8. The van der Waals surface area contributed by atoms with Gasteiger partial charge in [-0.15, -0.1) is 0 Å². The SMILES string of the molecule is NC(CC(=O)O)c1ccccc1.NC(CCO)c1ccccc1. The average Bonchev–Trinajstić information content (AvgIpc) is 2.57. The van der Waals surface area contributed by atoms with Crippen molar-refractivity contribution < 1.29 is 15.0 Å². The van der Waals surface area contributed by atoms with Crippen molar-refractivity contribution in [3.63, 3.8) is 0 Å². The molecule has 2 rings (SSSR count). The third-order valence-electron chi connectivity index (χ3n) is 3.29. The predicted octanol–water partition coefficient (Wildman–Crippen LogP) is 2.23. The molecule has 2 aromatic rings. The molecule has 0 amide bonds. The number of aliphatic hydroxyl groups is 1. The summed E-state index contributed by atoms with van der Waals surface area (Å²) in [6.45, 7) is 0.149. The molecule has 0 aliphatic heterocycles.